The molecule has 19 heavy (non-hydrogen) atoms. The molecule has 4 unspecified atom stereocenters. The topological polar surface area (TPSA) is 44.8 Å². The minimum Gasteiger partial charge on any atom is -0.353 e. The molecule has 5 heteroatoms. The first-order chi connectivity index (χ1) is 9.22. The van der Waals surface area contributed by atoms with Gasteiger partial charge in [0.25, 0.3) is 0 Å². The molecule has 2 fully saturated rings. The molecule has 2 saturated heterocycles. The van der Waals surface area contributed by atoms with Crippen molar-refractivity contribution in [2.45, 2.75) is 37.1 Å². The van der Waals surface area contributed by atoms with Gasteiger partial charge in [0, 0.05) is 12.3 Å². The monoisotopic (exact) mass is 282 g/mol. The Morgan fingerprint density at radius 2 is 2.16 bits per heavy atom. The number of hydrogen-bond donors (Lipinski definition) is 0. The van der Waals surface area contributed by atoms with Crippen LogP contribution < -0.4 is 0 Å². The Hall–Kier alpha value is -0.750. The molecule has 1 aromatic carbocycles. The normalized spacial score (nSPS) is 31.3. The zero-order chi connectivity index (χ0) is 13.2. The molecule has 0 aromatic heterocycles. The number of ether oxygens (including phenoxy) is 2. The molecular weight excluding hydrogens is 264 g/mol. The van der Waals surface area contributed by atoms with Crippen molar-refractivity contribution in [1.82, 2.24) is 0 Å². The molecule has 0 radical (unpaired) electrons. The highest BCUT2D eigenvalue weighted by atomic mass is 32.2. The SMILES string of the molecule is Cc1ccc(S(=O)OCC2CC3OCCC2O3)cc1. The van der Waals surface area contributed by atoms with Crippen LogP contribution in [0, 0.1) is 12.8 Å². The summed E-state index contributed by atoms with van der Waals surface area (Å²) in [6, 6.07) is 7.57. The lowest BCUT2D eigenvalue weighted by atomic mass is 10.0. The number of hydrogen-bond acceptors (Lipinski definition) is 4. The largest absolute Gasteiger partial charge is 0.353 e. The first kappa shape index (κ1) is 13.2. The van der Waals surface area contributed by atoms with E-state index in [0.29, 0.717) is 17.4 Å². The lowest BCUT2D eigenvalue weighted by Gasteiger charge is -2.21. The van der Waals surface area contributed by atoms with Gasteiger partial charge in [0.1, 0.15) is 0 Å². The van der Waals surface area contributed by atoms with Crippen molar-refractivity contribution in [1.29, 1.82) is 0 Å². The summed E-state index contributed by atoms with van der Waals surface area (Å²) in [6.07, 6.45) is 1.87. The van der Waals surface area contributed by atoms with Crippen molar-refractivity contribution in [2.75, 3.05) is 13.2 Å². The summed E-state index contributed by atoms with van der Waals surface area (Å²) in [4.78, 5) is 0.712. The zero-order valence-corrected chi connectivity index (χ0v) is 11.7. The van der Waals surface area contributed by atoms with Crippen LogP contribution in [0.15, 0.2) is 29.2 Å². The Morgan fingerprint density at radius 3 is 2.89 bits per heavy atom. The maximum atomic E-state index is 12.0. The van der Waals surface area contributed by atoms with Gasteiger partial charge in [-0.05, 0) is 25.5 Å². The van der Waals surface area contributed by atoms with Gasteiger partial charge in [-0.15, -0.1) is 0 Å². The third-order valence-corrected chi connectivity index (χ3v) is 4.66. The van der Waals surface area contributed by atoms with Gasteiger partial charge in [-0.25, -0.2) is 4.21 Å². The molecule has 4 nitrogen and oxygen atoms in total. The highest BCUT2D eigenvalue weighted by Crippen LogP contribution is 2.33. The van der Waals surface area contributed by atoms with Crippen LogP contribution in [0.2, 0.25) is 0 Å². The standard InChI is InChI=1S/C14H18O4S/c1-10-2-4-12(5-3-10)19(15)17-9-11-8-14-16-7-6-13(11)18-14/h2-5,11,13-14H,6-9H2,1H3. The van der Waals surface area contributed by atoms with Crippen LogP contribution in [0.5, 0.6) is 0 Å². The minimum absolute atomic E-state index is 0.0832. The van der Waals surface area contributed by atoms with Crippen LogP contribution in [0.25, 0.3) is 0 Å². The van der Waals surface area contributed by atoms with Gasteiger partial charge in [0.2, 0.25) is 0 Å². The van der Waals surface area contributed by atoms with Gasteiger partial charge < -0.3 is 9.47 Å². The first-order valence-corrected chi connectivity index (χ1v) is 7.68. The summed E-state index contributed by atoms with van der Waals surface area (Å²) in [7, 11) is 0. The molecule has 0 spiro atoms. The van der Waals surface area contributed by atoms with Crippen molar-refractivity contribution < 1.29 is 17.9 Å². The van der Waals surface area contributed by atoms with Crippen molar-refractivity contribution in [3.05, 3.63) is 29.8 Å². The Morgan fingerprint density at radius 1 is 1.37 bits per heavy atom. The van der Waals surface area contributed by atoms with Gasteiger partial charge in [-0.1, -0.05) is 17.7 Å². The quantitative estimate of drug-likeness (QED) is 0.849. The smallest absolute Gasteiger partial charge is 0.189 e. The second kappa shape index (κ2) is 5.71. The van der Waals surface area contributed by atoms with Crippen LogP contribution in [0.3, 0.4) is 0 Å². The van der Waals surface area contributed by atoms with E-state index in [0.717, 1.165) is 25.0 Å². The van der Waals surface area contributed by atoms with E-state index in [1.54, 1.807) is 0 Å². The van der Waals surface area contributed by atoms with Gasteiger partial charge in [0.15, 0.2) is 17.4 Å². The molecule has 0 aliphatic carbocycles. The molecule has 2 heterocycles. The van der Waals surface area contributed by atoms with Crippen LogP contribution >= 0.6 is 0 Å². The fourth-order valence-electron chi connectivity index (χ4n) is 2.53. The van der Waals surface area contributed by atoms with Crippen LogP contribution in [-0.2, 0) is 24.7 Å². The molecule has 104 valence electrons. The Bertz CT molecular complexity index is 459. The summed E-state index contributed by atoms with van der Waals surface area (Å²) in [5.41, 5.74) is 1.15. The second-order valence-corrected chi connectivity index (χ2v) is 6.27. The fourth-order valence-corrected chi connectivity index (χ4v) is 3.32. The van der Waals surface area contributed by atoms with E-state index in [1.807, 2.05) is 31.2 Å². The molecular formula is C14H18O4S. The molecule has 0 saturated carbocycles. The van der Waals surface area contributed by atoms with Crippen LogP contribution in [0.1, 0.15) is 18.4 Å². The molecule has 1 aromatic rings. The average Bonchev–Trinajstić information content (AvgIpc) is 2.71. The summed E-state index contributed by atoms with van der Waals surface area (Å²) >= 11 is -1.39. The van der Waals surface area contributed by atoms with E-state index in [9.17, 15) is 4.21 Å². The van der Waals surface area contributed by atoms with Crippen molar-refractivity contribution in [2.24, 2.45) is 5.92 Å². The summed E-state index contributed by atoms with van der Waals surface area (Å²) in [5, 5.41) is 0. The first-order valence-electron chi connectivity index (χ1n) is 6.61. The predicted octanol–water partition coefficient (Wildman–Crippen LogP) is 2.19. The lowest BCUT2D eigenvalue weighted by molar-refractivity contribution is -0.175. The molecule has 0 amide bonds. The van der Waals surface area contributed by atoms with Crippen molar-refractivity contribution in [3.8, 4) is 0 Å². The van der Waals surface area contributed by atoms with Gasteiger partial charge in [0.05, 0.1) is 24.2 Å². The summed E-state index contributed by atoms with van der Waals surface area (Å²) in [5.74, 6) is 0.293. The molecule has 4 atom stereocenters. The van der Waals surface area contributed by atoms with Gasteiger partial charge in [-0.2, -0.15) is 0 Å². The number of aryl methyl sites for hydroxylation is 1. The predicted molar refractivity (Wildman–Crippen MR) is 70.9 cm³/mol. The van der Waals surface area contributed by atoms with E-state index in [2.05, 4.69) is 0 Å². The third-order valence-electron chi connectivity index (χ3n) is 3.66. The van der Waals surface area contributed by atoms with E-state index < -0.39 is 11.1 Å². The molecule has 2 aliphatic rings. The second-order valence-electron chi connectivity index (χ2n) is 5.09. The van der Waals surface area contributed by atoms with E-state index in [-0.39, 0.29) is 12.4 Å². The minimum atomic E-state index is -1.39. The fraction of sp³-hybridized carbons (Fsp3) is 0.571. The van der Waals surface area contributed by atoms with Crippen LogP contribution in [0.4, 0.5) is 0 Å². The molecule has 2 aliphatic heterocycles. The zero-order valence-electron chi connectivity index (χ0n) is 10.9. The van der Waals surface area contributed by atoms with Gasteiger partial charge >= 0.3 is 0 Å². The van der Waals surface area contributed by atoms with E-state index in [1.165, 1.54) is 0 Å². The maximum Gasteiger partial charge on any atom is 0.189 e. The van der Waals surface area contributed by atoms with Gasteiger partial charge in [-0.3, -0.25) is 4.18 Å². The van der Waals surface area contributed by atoms with Crippen LogP contribution in [-0.4, -0.2) is 29.8 Å². The Balaban J connectivity index is 1.54. The third kappa shape index (κ3) is 3.05. The molecule has 2 bridgehead atoms. The Kier molecular flexibility index (Phi) is 3.98. The van der Waals surface area contributed by atoms with E-state index >= 15 is 0 Å². The number of fused-ring (bicyclic) bond motifs is 2. The van der Waals surface area contributed by atoms with Crippen molar-refractivity contribution in [3.63, 3.8) is 0 Å². The Labute approximate surface area is 115 Å². The molecule has 3 rings (SSSR count). The lowest BCUT2D eigenvalue weighted by Crippen LogP contribution is -2.26. The average molecular weight is 282 g/mol. The maximum absolute atomic E-state index is 12.0. The summed E-state index contributed by atoms with van der Waals surface area (Å²) in [6.45, 7) is 3.22. The summed E-state index contributed by atoms with van der Waals surface area (Å²) < 4.78 is 28.6. The molecule has 0 N–H and O–H groups in total. The van der Waals surface area contributed by atoms with E-state index in [4.69, 9.17) is 13.7 Å². The number of rotatable bonds is 4. The number of benzene rings is 1. The van der Waals surface area contributed by atoms with Crippen molar-refractivity contribution >= 4 is 11.1 Å². The highest BCUT2D eigenvalue weighted by Gasteiger charge is 2.39. The highest BCUT2D eigenvalue weighted by molar-refractivity contribution is 7.80.